The topological polar surface area (TPSA) is 103 Å². The molecule has 0 fully saturated rings. The zero-order valence-electron chi connectivity index (χ0n) is 13.9. The normalized spacial score (nSPS) is 10.7. The Labute approximate surface area is 152 Å². The third-order valence-corrected chi connectivity index (χ3v) is 4.04. The van der Waals surface area contributed by atoms with Crippen LogP contribution in [0.5, 0.6) is 0 Å². The largest absolute Gasteiger partial charge is 0.360 e. The minimum Gasteiger partial charge on any atom is -0.360 e. The fourth-order valence-electron chi connectivity index (χ4n) is 2.73. The van der Waals surface area contributed by atoms with E-state index in [1.807, 2.05) is 24.3 Å². The molecule has 2 amide bonds. The van der Waals surface area contributed by atoms with E-state index in [4.69, 9.17) is 0 Å². The number of benzene rings is 2. The lowest BCUT2D eigenvalue weighted by atomic mass is 10.1. The fraction of sp³-hybridized carbons (Fsp3) is 0. The number of rotatable bonds is 4. The van der Waals surface area contributed by atoms with E-state index < -0.39 is 11.7 Å². The summed E-state index contributed by atoms with van der Waals surface area (Å²) in [5.41, 5.74) is 1.97. The number of carbonyl (C=O) groups is 2. The average Bonchev–Trinajstić information content (AvgIpc) is 3.30. The number of H-pyrrole nitrogens is 2. The summed E-state index contributed by atoms with van der Waals surface area (Å²) >= 11 is 0. The predicted octanol–water partition coefficient (Wildman–Crippen LogP) is 3.53. The van der Waals surface area contributed by atoms with E-state index in [1.165, 1.54) is 30.5 Å². The summed E-state index contributed by atoms with van der Waals surface area (Å²) in [6, 6.07) is 12.7. The number of hydrogen-bond donors (Lipinski definition) is 4. The third-order valence-electron chi connectivity index (χ3n) is 4.04. The maximum absolute atomic E-state index is 13.0. The summed E-state index contributed by atoms with van der Waals surface area (Å²) in [5, 5.41) is 12.5. The van der Waals surface area contributed by atoms with Crippen LogP contribution in [0.15, 0.2) is 60.9 Å². The number of aromatic amines is 2. The molecule has 0 bridgehead atoms. The molecule has 4 rings (SSSR count). The van der Waals surface area contributed by atoms with Crippen molar-refractivity contribution in [3.05, 3.63) is 78.0 Å². The first-order chi connectivity index (χ1) is 13.1. The molecule has 0 radical (unpaired) electrons. The number of amides is 2. The molecular formula is C19H14FN5O2. The van der Waals surface area contributed by atoms with Gasteiger partial charge in [0, 0.05) is 29.0 Å². The van der Waals surface area contributed by atoms with Crippen molar-refractivity contribution in [3.8, 4) is 0 Å². The Balaban J connectivity index is 1.54. The van der Waals surface area contributed by atoms with Crippen molar-refractivity contribution in [2.45, 2.75) is 0 Å². The van der Waals surface area contributed by atoms with Gasteiger partial charge in [0.2, 0.25) is 0 Å². The quantitative estimate of drug-likeness (QED) is 0.446. The van der Waals surface area contributed by atoms with E-state index in [0.29, 0.717) is 11.3 Å². The van der Waals surface area contributed by atoms with Gasteiger partial charge < -0.3 is 15.6 Å². The standard InChI is InChI=1S/C19H14FN5O2/c20-11-5-7-12(8-6-11)23-19(27)17-16(10-22-25-17)24-18(26)14-9-21-15-4-2-1-3-13(14)15/h1-10,21H,(H,22,25)(H,23,27)(H,24,26). The van der Waals surface area contributed by atoms with Gasteiger partial charge in [0.1, 0.15) is 5.82 Å². The summed E-state index contributed by atoms with van der Waals surface area (Å²) in [6.07, 6.45) is 3.03. The first-order valence-electron chi connectivity index (χ1n) is 8.10. The molecule has 2 aromatic heterocycles. The molecular weight excluding hydrogens is 349 g/mol. The van der Waals surface area contributed by atoms with Crippen LogP contribution in [-0.4, -0.2) is 27.0 Å². The van der Waals surface area contributed by atoms with E-state index in [9.17, 15) is 14.0 Å². The van der Waals surface area contributed by atoms with Crippen molar-refractivity contribution in [3.63, 3.8) is 0 Å². The fourth-order valence-corrected chi connectivity index (χ4v) is 2.73. The van der Waals surface area contributed by atoms with Crippen LogP contribution < -0.4 is 10.6 Å². The second-order valence-electron chi connectivity index (χ2n) is 5.81. The van der Waals surface area contributed by atoms with Gasteiger partial charge in [-0.05, 0) is 30.3 Å². The molecule has 2 heterocycles. The SMILES string of the molecule is O=C(Nc1ccc(F)cc1)c1n[nH]cc1NC(=O)c1c[nH]c2ccccc12. The van der Waals surface area contributed by atoms with Crippen molar-refractivity contribution >= 4 is 34.1 Å². The molecule has 4 N–H and O–H groups in total. The minimum absolute atomic E-state index is 0.0208. The van der Waals surface area contributed by atoms with E-state index in [2.05, 4.69) is 25.8 Å². The number of nitrogens with one attached hydrogen (secondary N) is 4. The second-order valence-corrected chi connectivity index (χ2v) is 5.81. The molecule has 7 nitrogen and oxygen atoms in total. The molecule has 0 aliphatic heterocycles. The summed E-state index contributed by atoms with van der Waals surface area (Å²) in [7, 11) is 0. The van der Waals surface area contributed by atoms with Gasteiger partial charge in [0.15, 0.2) is 5.69 Å². The van der Waals surface area contributed by atoms with Gasteiger partial charge in [0.05, 0.1) is 11.3 Å². The predicted molar refractivity (Wildman–Crippen MR) is 99.2 cm³/mol. The number of para-hydroxylation sites is 1. The molecule has 27 heavy (non-hydrogen) atoms. The maximum Gasteiger partial charge on any atom is 0.278 e. The summed E-state index contributed by atoms with van der Waals surface area (Å²) in [6.45, 7) is 0. The number of halogens is 1. The summed E-state index contributed by atoms with van der Waals surface area (Å²) in [4.78, 5) is 28.1. The van der Waals surface area contributed by atoms with Crippen molar-refractivity contribution < 1.29 is 14.0 Å². The van der Waals surface area contributed by atoms with Crippen LogP contribution in [0.25, 0.3) is 10.9 Å². The molecule has 8 heteroatoms. The Morgan fingerprint density at radius 3 is 2.52 bits per heavy atom. The molecule has 0 aliphatic rings. The molecule has 0 unspecified atom stereocenters. The lowest BCUT2D eigenvalue weighted by Crippen LogP contribution is -2.17. The van der Waals surface area contributed by atoms with Gasteiger partial charge in [-0.3, -0.25) is 14.7 Å². The van der Waals surface area contributed by atoms with E-state index in [1.54, 1.807) is 6.20 Å². The van der Waals surface area contributed by atoms with E-state index >= 15 is 0 Å². The van der Waals surface area contributed by atoms with Crippen molar-refractivity contribution in [1.29, 1.82) is 0 Å². The number of anilines is 2. The van der Waals surface area contributed by atoms with Gasteiger partial charge in [0.25, 0.3) is 11.8 Å². The minimum atomic E-state index is -0.530. The van der Waals surface area contributed by atoms with Crippen LogP contribution in [0.4, 0.5) is 15.8 Å². The summed E-state index contributed by atoms with van der Waals surface area (Å²) < 4.78 is 13.0. The molecule has 0 saturated carbocycles. The smallest absolute Gasteiger partial charge is 0.278 e. The zero-order valence-corrected chi connectivity index (χ0v) is 13.9. The number of hydrogen-bond acceptors (Lipinski definition) is 3. The van der Waals surface area contributed by atoms with Crippen LogP contribution >= 0.6 is 0 Å². The highest BCUT2D eigenvalue weighted by Gasteiger charge is 2.19. The van der Waals surface area contributed by atoms with Crippen molar-refractivity contribution in [1.82, 2.24) is 15.2 Å². The Bertz CT molecular complexity index is 1130. The highest BCUT2D eigenvalue weighted by molar-refractivity contribution is 6.15. The molecule has 0 spiro atoms. The maximum atomic E-state index is 13.0. The molecule has 0 aliphatic carbocycles. The molecule has 2 aromatic carbocycles. The van der Waals surface area contributed by atoms with Gasteiger partial charge in [-0.1, -0.05) is 18.2 Å². The third kappa shape index (κ3) is 3.28. The van der Waals surface area contributed by atoms with Crippen LogP contribution in [0.2, 0.25) is 0 Å². The highest BCUT2D eigenvalue weighted by atomic mass is 19.1. The van der Waals surface area contributed by atoms with Gasteiger partial charge >= 0.3 is 0 Å². The first-order valence-corrected chi connectivity index (χ1v) is 8.10. The van der Waals surface area contributed by atoms with Crippen LogP contribution in [0.1, 0.15) is 20.8 Å². The summed E-state index contributed by atoms with van der Waals surface area (Å²) in [5.74, 6) is -1.30. The molecule has 134 valence electrons. The Morgan fingerprint density at radius 2 is 1.70 bits per heavy atom. The van der Waals surface area contributed by atoms with Gasteiger partial charge in [-0.2, -0.15) is 5.10 Å². The van der Waals surface area contributed by atoms with Crippen molar-refractivity contribution in [2.75, 3.05) is 10.6 Å². The monoisotopic (exact) mass is 363 g/mol. The number of carbonyl (C=O) groups excluding carboxylic acids is 2. The Morgan fingerprint density at radius 1 is 0.926 bits per heavy atom. The van der Waals surface area contributed by atoms with Gasteiger partial charge in [-0.15, -0.1) is 0 Å². The highest BCUT2D eigenvalue weighted by Crippen LogP contribution is 2.21. The van der Waals surface area contributed by atoms with Crippen molar-refractivity contribution in [2.24, 2.45) is 0 Å². The second kappa shape index (κ2) is 6.75. The zero-order chi connectivity index (χ0) is 18.8. The Hall–Kier alpha value is -3.94. The van der Waals surface area contributed by atoms with E-state index in [-0.39, 0.29) is 17.3 Å². The van der Waals surface area contributed by atoms with Crippen LogP contribution in [0, 0.1) is 5.82 Å². The number of aromatic nitrogens is 3. The van der Waals surface area contributed by atoms with E-state index in [0.717, 1.165) is 10.9 Å². The van der Waals surface area contributed by atoms with Gasteiger partial charge in [-0.25, -0.2) is 4.39 Å². The lowest BCUT2D eigenvalue weighted by Gasteiger charge is -2.06. The Kier molecular flexibility index (Phi) is 4.13. The first kappa shape index (κ1) is 16.5. The molecule has 0 saturated heterocycles. The lowest BCUT2D eigenvalue weighted by molar-refractivity contribution is 0.102. The number of nitrogens with zero attached hydrogens (tertiary/aromatic N) is 1. The molecule has 4 aromatic rings. The molecule has 0 atom stereocenters. The number of fused-ring (bicyclic) bond motifs is 1. The van der Waals surface area contributed by atoms with Crippen LogP contribution in [-0.2, 0) is 0 Å². The average molecular weight is 363 g/mol. The van der Waals surface area contributed by atoms with Crippen LogP contribution in [0.3, 0.4) is 0 Å².